The molecule has 0 bridgehead atoms. The molecule has 0 atom stereocenters. The van der Waals surface area contributed by atoms with Gasteiger partial charge in [0.25, 0.3) is 0 Å². The molecule has 33 heavy (non-hydrogen) atoms. The predicted molar refractivity (Wildman–Crippen MR) is 125 cm³/mol. The highest BCUT2D eigenvalue weighted by atomic mass is 32.2. The summed E-state index contributed by atoms with van der Waals surface area (Å²) in [7, 11) is -3.89. The number of hydrogen-bond acceptors (Lipinski definition) is 5. The summed E-state index contributed by atoms with van der Waals surface area (Å²) < 4.78 is 33.1. The van der Waals surface area contributed by atoms with Gasteiger partial charge < -0.3 is 14.5 Å². The van der Waals surface area contributed by atoms with Gasteiger partial charge in [0.2, 0.25) is 15.9 Å². The molecule has 8 nitrogen and oxygen atoms in total. The minimum Gasteiger partial charge on any atom is -0.450 e. The molecule has 0 saturated carbocycles. The first-order valence-corrected chi connectivity index (χ1v) is 12.5. The number of aryl methyl sites for hydroxylation is 2. The highest BCUT2D eigenvalue weighted by Gasteiger charge is 2.31. The number of carbonyl (C=O) groups is 2. The number of hydrogen-bond donors (Lipinski definition) is 0. The van der Waals surface area contributed by atoms with Gasteiger partial charge in [-0.3, -0.25) is 4.79 Å². The zero-order valence-electron chi connectivity index (χ0n) is 19.4. The fourth-order valence-corrected chi connectivity index (χ4v) is 4.96. The molecule has 0 aromatic heterocycles. The van der Waals surface area contributed by atoms with Crippen LogP contribution in [0.1, 0.15) is 23.6 Å². The van der Waals surface area contributed by atoms with E-state index in [-0.39, 0.29) is 23.9 Å². The number of amides is 2. The van der Waals surface area contributed by atoms with E-state index < -0.39 is 16.1 Å². The minimum absolute atomic E-state index is 0.0883. The third kappa shape index (κ3) is 6.33. The molecule has 0 radical (unpaired) electrons. The first-order valence-electron chi connectivity index (χ1n) is 11.0. The van der Waals surface area contributed by atoms with Crippen LogP contribution in [0.4, 0.5) is 4.79 Å². The predicted octanol–water partition coefficient (Wildman–Crippen LogP) is 2.80. The van der Waals surface area contributed by atoms with Crippen LogP contribution >= 0.6 is 0 Å². The van der Waals surface area contributed by atoms with Crippen LogP contribution in [-0.2, 0) is 26.1 Å². The van der Waals surface area contributed by atoms with Crippen LogP contribution in [0.2, 0.25) is 0 Å². The molecule has 1 heterocycles. The zero-order chi connectivity index (χ0) is 24.0. The molecule has 2 aromatic rings. The normalized spacial score (nSPS) is 14.4. The molecule has 2 aromatic carbocycles. The molecule has 0 N–H and O–H groups in total. The molecule has 3 rings (SSSR count). The SMILES string of the molecule is CCOC(=O)N1CCN(C(=O)CN(Cc2ccc(C)cc2)S(=O)(=O)c2ccc(C)cc2)CC1. The number of benzene rings is 2. The zero-order valence-corrected chi connectivity index (χ0v) is 20.2. The van der Waals surface area contributed by atoms with Crippen molar-refractivity contribution in [3.05, 3.63) is 65.2 Å². The fourth-order valence-electron chi connectivity index (χ4n) is 3.59. The van der Waals surface area contributed by atoms with E-state index >= 15 is 0 Å². The molecule has 0 spiro atoms. The Morgan fingerprint density at radius 2 is 1.39 bits per heavy atom. The lowest BCUT2D eigenvalue weighted by Crippen LogP contribution is -2.53. The van der Waals surface area contributed by atoms with E-state index in [2.05, 4.69) is 0 Å². The molecule has 1 fully saturated rings. The summed E-state index contributed by atoms with van der Waals surface area (Å²) in [6, 6.07) is 14.2. The Bertz CT molecular complexity index is 1060. The van der Waals surface area contributed by atoms with Crippen molar-refractivity contribution in [3.63, 3.8) is 0 Å². The maximum Gasteiger partial charge on any atom is 0.409 e. The third-order valence-electron chi connectivity index (χ3n) is 5.61. The van der Waals surface area contributed by atoms with E-state index in [1.807, 2.05) is 38.1 Å². The summed E-state index contributed by atoms with van der Waals surface area (Å²) in [6.45, 7) is 7.08. The lowest BCUT2D eigenvalue weighted by atomic mass is 10.1. The first-order chi connectivity index (χ1) is 15.7. The smallest absolute Gasteiger partial charge is 0.409 e. The fraction of sp³-hybridized carbons (Fsp3) is 0.417. The third-order valence-corrected chi connectivity index (χ3v) is 7.41. The van der Waals surface area contributed by atoms with E-state index in [9.17, 15) is 18.0 Å². The minimum atomic E-state index is -3.89. The van der Waals surface area contributed by atoms with E-state index in [1.54, 1.807) is 41.0 Å². The monoisotopic (exact) mass is 473 g/mol. The summed E-state index contributed by atoms with van der Waals surface area (Å²) in [5.74, 6) is -0.290. The number of sulfonamides is 1. The summed E-state index contributed by atoms with van der Waals surface area (Å²) in [5, 5.41) is 0. The Labute approximate surface area is 195 Å². The Kier molecular flexibility index (Phi) is 8.10. The van der Waals surface area contributed by atoms with E-state index in [0.29, 0.717) is 32.8 Å². The number of nitrogens with zero attached hydrogens (tertiary/aromatic N) is 3. The topological polar surface area (TPSA) is 87.2 Å². The molecule has 0 unspecified atom stereocenters. The quantitative estimate of drug-likeness (QED) is 0.617. The van der Waals surface area contributed by atoms with Crippen LogP contribution in [0, 0.1) is 13.8 Å². The molecular formula is C24H31N3O5S. The van der Waals surface area contributed by atoms with Crippen molar-refractivity contribution in [2.75, 3.05) is 39.3 Å². The Morgan fingerprint density at radius 1 is 0.879 bits per heavy atom. The van der Waals surface area contributed by atoms with Crippen LogP contribution < -0.4 is 0 Å². The van der Waals surface area contributed by atoms with Gasteiger partial charge in [-0.15, -0.1) is 0 Å². The van der Waals surface area contributed by atoms with Crippen molar-refractivity contribution in [1.82, 2.24) is 14.1 Å². The van der Waals surface area contributed by atoms with Gasteiger partial charge in [-0.05, 0) is 38.5 Å². The highest BCUT2D eigenvalue weighted by Crippen LogP contribution is 2.20. The molecule has 9 heteroatoms. The standard InChI is InChI=1S/C24H31N3O5S/c1-4-32-24(29)26-15-13-25(14-16-26)23(28)18-27(17-21-9-5-19(2)6-10-21)33(30,31)22-11-7-20(3)8-12-22/h5-12H,4,13-18H2,1-3H3. The molecule has 2 amide bonds. The van der Waals surface area contributed by atoms with Gasteiger partial charge in [-0.2, -0.15) is 4.31 Å². The Balaban J connectivity index is 1.76. The second-order valence-corrected chi connectivity index (χ2v) is 10.1. The molecule has 1 aliphatic heterocycles. The largest absolute Gasteiger partial charge is 0.450 e. The van der Waals surface area contributed by atoms with Crippen molar-refractivity contribution in [2.24, 2.45) is 0 Å². The van der Waals surface area contributed by atoms with Crippen LogP contribution in [0.3, 0.4) is 0 Å². The number of piperazine rings is 1. The lowest BCUT2D eigenvalue weighted by Gasteiger charge is -2.35. The molecule has 178 valence electrons. The van der Waals surface area contributed by atoms with Crippen molar-refractivity contribution in [2.45, 2.75) is 32.2 Å². The molecule has 1 saturated heterocycles. The van der Waals surface area contributed by atoms with E-state index in [0.717, 1.165) is 16.7 Å². The molecular weight excluding hydrogens is 442 g/mol. The molecule has 1 aliphatic rings. The van der Waals surface area contributed by atoms with Gasteiger partial charge in [0, 0.05) is 32.7 Å². The van der Waals surface area contributed by atoms with Crippen LogP contribution in [0.5, 0.6) is 0 Å². The van der Waals surface area contributed by atoms with Crippen LogP contribution in [0.25, 0.3) is 0 Å². The van der Waals surface area contributed by atoms with E-state index in [4.69, 9.17) is 4.74 Å². The lowest BCUT2D eigenvalue weighted by molar-refractivity contribution is -0.133. The maximum absolute atomic E-state index is 13.4. The second kappa shape index (κ2) is 10.8. The van der Waals surface area contributed by atoms with Crippen molar-refractivity contribution >= 4 is 22.0 Å². The Hall–Kier alpha value is -2.91. The summed E-state index contributed by atoms with van der Waals surface area (Å²) in [6.07, 6.45) is -0.396. The van der Waals surface area contributed by atoms with Crippen molar-refractivity contribution in [1.29, 1.82) is 0 Å². The molecule has 0 aliphatic carbocycles. The highest BCUT2D eigenvalue weighted by molar-refractivity contribution is 7.89. The van der Waals surface area contributed by atoms with Crippen LogP contribution in [-0.4, -0.2) is 73.9 Å². The number of rotatable bonds is 7. The van der Waals surface area contributed by atoms with Gasteiger partial charge in [-0.1, -0.05) is 47.5 Å². The van der Waals surface area contributed by atoms with Crippen molar-refractivity contribution in [3.8, 4) is 0 Å². The van der Waals surface area contributed by atoms with Crippen LogP contribution in [0.15, 0.2) is 53.4 Å². The van der Waals surface area contributed by atoms with Gasteiger partial charge >= 0.3 is 6.09 Å². The van der Waals surface area contributed by atoms with Gasteiger partial charge in [0.15, 0.2) is 0 Å². The number of carbonyl (C=O) groups excluding carboxylic acids is 2. The summed E-state index contributed by atoms with van der Waals surface area (Å²) in [4.78, 5) is 28.3. The number of ether oxygens (including phenoxy) is 1. The van der Waals surface area contributed by atoms with Crippen molar-refractivity contribution < 1.29 is 22.7 Å². The summed E-state index contributed by atoms with van der Waals surface area (Å²) in [5.41, 5.74) is 2.83. The first kappa shape index (κ1) is 24.7. The average Bonchev–Trinajstić information content (AvgIpc) is 2.80. The van der Waals surface area contributed by atoms with Gasteiger partial charge in [0.1, 0.15) is 0 Å². The van der Waals surface area contributed by atoms with Gasteiger partial charge in [-0.25, -0.2) is 13.2 Å². The van der Waals surface area contributed by atoms with E-state index in [1.165, 1.54) is 4.31 Å². The Morgan fingerprint density at radius 3 is 1.94 bits per heavy atom. The maximum atomic E-state index is 13.4. The average molecular weight is 474 g/mol. The second-order valence-electron chi connectivity index (χ2n) is 8.14. The summed E-state index contributed by atoms with van der Waals surface area (Å²) >= 11 is 0. The van der Waals surface area contributed by atoms with Gasteiger partial charge in [0.05, 0.1) is 18.0 Å².